The first kappa shape index (κ1) is 8.77. The molecule has 0 unspecified atom stereocenters. The van der Waals surface area contributed by atoms with E-state index in [9.17, 15) is 0 Å². The molecule has 0 bridgehead atoms. The zero-order valence-electron chi connectivity index (χ0n) is 8.81. The van der Waals surface area contributed by atoms with Crippen molar-refractivity contribution in [3.8, 4) is 11.5 Å². The van der Waals surface area contributed by atoms with E-state index in [0.717, 1.165) is 18.0 Å². The summed E-state index contributed by atoms with van der Waals surface area (Å²) in [6.07, 6.45) is 6.29. The van der Waals surface area contributed by atoms with Crippen LogP contribution in [0.3, 0.4) is 0 Å². The van der Waals surface area contributed by atoms with Gasteiger partial charge in [0.25, 0.3) is 0 Å². The molecule has 3 nitrogen and oxygen atoms in total. The summed E-state index contributed by atoms with van der Waals surface area (Å²) in [7, 11) is 0. The van der Waals surface area contributed by atoms with E-state index in [1.54, 1.807) is 6.26 Å². The monoisotopic (exact) mass is 202 g/mol. The van der Waals surface area contributed by atoms with Gasteiger partial charge in [0, 0.05) is 18.7 Å². The highest BCUT2D eigenvalue weighted by Crippen LogP contribution is 2.29. The summed E-state index contributed by atoms with van der Waals surface area (Å²) in [6.45, 7) is 3.33. The molecular weight excluding hydrogens is 188 g/mol. The van der Waals surface area contributed by atoms with Gasteiger partial charge in [-0.05, 0) is 25.0 Å². The summed E-state index contributed by atoms with van der Waals surface area (Å²) in [5, 5.41) is 0. The first-order chi connectivity index (χ1) is 7.34. The number of aryl methyl sites for hydroxylation is 1. The molecule has 3 rings (SSSR count). The average Bonchev–Trinajstić information content (AvgIpc) is 2.86. The van der Waals surface area contributed by atoms with Gasteiger partial charge in [0.2, 0.25) is 0 Å². The van der Waals surface area contributed by atoms with Gasteiger partial charge in [-0.3, -0.25) is 0 Å². The van der Waals surface area contributed by atoms with E-state index >= 15 is 0 Å². The third-order valence-corrected chi connectivity index (χ3v) is 3.06. The Labute approximate surface area is 88.7 Å². The van der Waals surface area contributed by atoms with E-state index in [0.29, 0.717) is 5.92 Å². The minimum absolute atomic E-state index is 0.572. The number of aromatic nitrogens is 2. The molecule has 0 fully saturated rings. The number of nitrogens with zero attached hydrogens (tertiary/aromatic N) is 2. The first-order valence-electron chi connectivity index (χ1n) is 5.45. The lowest BCUT2D eigenvalue weighted by Gasteiger charge is -2.19. The highest BCUT2D eigenvalue weighted by molar-refractivity contribution is 5.51. The van der Waals surface area contributed by atoms with Gasteiger partial charge in [-0.1, -0.05) is 6.92 Å². The molecule has 3 heteroatoms. The van der Waals surface area contributed by atoms with E-state index < -0.39 is 0 Å². The van der Waals surface area contributed by atoms with Crippen molar-refractivity contribution < 1.29 is 4.42 Å². The molecule has 0 N–H and O–H groups in total. The van der Waals surface area contributed by atoms with Crippen molar-refractivity contribution >= 4 is 0 Å². The molecule has 1 aliphatic rings. The lowest BCUT2D eigenvalue weighted by Crippen LogP contribution is -2.12. The number of imidazole rings is 1. The molecular formula is C12H14N2O. The Kier molecular flexibility index (Phi) is 1.91. The molecule has 0 spiro atoms. The molecule has 15 heavy (non-hydrogen) atoms. The fourth-order valence-corrected chi connectivity index (χ4v) is 2.24. The summed E-state index contributed by atoms with van der Waals surface area (Å²) in [6, 6.07) is 3.86. The number of hydrogen-bond donors (Lipinski definition) is 0. The smallest absolute Gasteiger partial charge is 0.153 e. The second kappa shape index (κ2) is 3.26. The van der Waals surface area contributed by atoms with E-state index in [1.165, 1.54) is 18.7 Å². The van der Waals surface area contributed by atoms with Crippen LogP contribution in [0.15, 0.2) is 29.0 Å². The topological polar surface area (TPSA) is 31.0 Å². The van der Waals surface area contributed by atoms with Crippen molar-refractivity contribution in [2.75, 3.05) is 0 Å². The van der Waals surface area contributed by atoms with Gasteiger partial charge in [0.05, 0.1) is 6.26 Å². The molecule has 2 aromatic rings. The molecule has 0 saturated heterocycles. The number of hydrogen-bond acceptors (Lipinski definition) is 2. The van der Waals surface area contributed by atoms with Crippen molar-refractivity contribution in [1.82, 2.24) is 9.55 Å². The van der Waals surface area contributed by atoms with Gasteiger partial charge in [0.1, 0.15) is 11.5 Å². The van der Waals surface area contributed by atoms with Crippen LogP contribution in [0.2, 0.25) is 0 Å². The highest BCUT2D eigenvalue weighted by atomic mass is 16.3. The molecule has 2 aromatic heterocycles. The van der Waals surface area contributed by atoms with E-state index in [-0.39, 0.29) is 0 Å². The fourth-order valence-electron chi connectivity index (χ4n) is 2.24. The maximum atomic E-state index is 5.36. The van der Waals surface area contributed by atoms with Crippen LogP contribution in [0.5, 0.6) is 0 Å². The van der Waals surface area contributed by atoms with Crippen molar-refractivity contribution in [1.29, 1.82) is 0 Å². The molecule has 3 heterocycles. The molecule has 0 amide bonds. The third kappa shape index (κ3) is 1.39. The Morgan fingerprint density at radius 3 is 3.20 bits per heavy atom. The van der Waals surface area contributed by atoms with Crippen LogP contribution in [0.25, 0.3) is 11.5 Å². The quantitative estimate of drug-likeness (QED) is 0.711. The number of furan rings is 1. The van der Waals surface area contributed by atoms with Gasteiger partial charge in [-0.15, -0.1) is 0 Å². The van der Waals surface area contributed by atoms with E-state index in [4.69, 9.17) is 4.42 Å². The Bertz CT molecular complexity index is 456. The molecule has 0 radical (unpaired) electrons. The fraction of sp³-hybridized carbons (Fsp3) is 0.417. The van der Waals surface area contributed by atoms with Crippen LogP contribution >= 0.6 is 0 Å². The van der Waals surface area contributed by atoms with Crippen molar-refractivity contribution in [2.45, 2.75) is 32.2 Å². The predicted octanol–water partition coefficient (Wildman–Crippen LogP) is 3.04. The summed E-state index contributed by atoms with van der Waals surface area (Å²) in [4.78, 5) is 4.64. The van der Waals surface area contributed by atoms with Crippen LogP contribution in [-0.4, -0.2) is 9.55 Å². The summed E-state index contributed by atoms with van der Waals surface area (Å²) >= 11 is 0. The molecule has 0 aliphatic carbocycles. The van der Waals surface area contributed by atoms with Gasteiger partial charge >= 0.3 is 0 Å². The normalized spacial score (nSPS) is 20.2. The molecule has 78 valence electrons. The standard InChI is InChI=1S/C12H14N2O/c1-9-4-2-6-14-8-10(13-12(9)14)11-5-3-7-15-11/h3,5,7-9H,2,4,6H2,1H3/t9-/m0/s1. The maximum absolute atomic E-state index is 5.36. The van der Waals surface area contributed by atoms with Gasteiger partial charge in [-0.2, -0.15) is 0 Å². The molecule has 0 saturated carbocycles. The molecule has 1 atom stereocenters. The highest BCUT2D eigenvalue weighted by Gasteiger charge is 2.20. The maximum Gasteiger partial charge on any atom is 0.153 e. The second-order valence-corrected chi connectivity index (χ2v) is 4.20. The zero-order chi connectivity index (χ0) is 10.3. The van der Waals surface area contributed by atoms with Crippen LogP contribution in [0.1, 0.15) is 31.5 Å². The van der Waals surface area contributed by atoms with Crippen molar-refractivity contribution in [3.63, 3.8) is 0 Å². The summed E-state index contributed by atoms with van der Waals surface area (Å²) in [5.41, 5.74) is 0.962. The van der Waals surface area contributed by atoms with Crippen LogP contribution in [0.4, 0.5) is 0 Å². The summed E-state index contributed by atoms with van der Waals surface area (Å²) in [5.74, 6) is 2.64. The van der Waals surface area contributed by atoms with Crippen molar-refractivity contribution in [2.24, 2.45) is 0 Å². The predicted molar refractivity (Wildman–Crippen MR) is 57.6 cm³/mol. The lowest BCUT2D eigenvalue weighted by atomic mass is 10.0. The van der Waals surface area contributed by atoms with Gasteiger partial charge < -0.3 is 8.98 Å². The van der Waals surface area contributed by atoms with Crippen molar-refractivity contribution in [3.05, 3.63) is 30.4 Å². The van der Waals surface area contributed by atoms with E-state index in [1.807, 2.05) is 12.1 Å². The number of rotatable bonds is 1. The van der Waals surface area contributed by atoms with E-state index in [2.05, 4.69) is 22.7 Å². The van der Waals surface area contributed by atoms with Crippen LogP contribution in [-0.2, 0) is 6.54 Å². The second-order valence-electron chi connectivity index (χ2n) is 4.20. The Hall–Kier alpha value is -1.51. The largest absolute Gasteiger partial charge is 0.463 e. The third-order valence-electron chi connectivity index (χ3n) is 3.06. The lowest BCUT2D eigenvalue weighted by molar-refractivity contribution is 0.463. The van der Waals surface area contributed by atoms with Crippen LogP contribution in [0, 0.1) is 0 Å². The summed E-state index contributed by atoms with van der Waals surface area (Å²) < 4.78 is 7.61. The zero-order valence-corrected chi connectivity index (χ0v) is 8.81. The Morgan fingerprint density at radius 1 is 1.53 bits per heavy atom. The first-order valence-corrected chi connectivity index (χ1v) is 5.45. The Morgan fingerprint density at radius 2 is 2.47 bits per heavy atom. The number of fused-ring (bicyclic) bond motifs is 1. The molecule has 0 aromatic carbocycles. The van der Waals surface area contributed by atoms with Gasteiger partial charge in [-0.25, -0.2) is 4.98 Å². The van der Waals surface area contributed by atoms with Gasteiger partial charge in [0.15, 0.2) is 5.76 Å². The average molecular weight is 202 g/mol. The SMILES string of the molecule is C[C@H]1CCCn2cc(-c3ccco3)nc21. The molecule has 1 aliphatic heterocycles. The minimum atomic E-state index is 0.572. The minimum Gasteiger partial charge on any atom is -0.463 e. The Balaban J connectivity index is 2.06. The van der Waals surface area contributed by atoms with Crippen LogP contribution < -0.4 is 0 Å².